The first-order chi connectivity index (χ1) is 8.78. The molecule has 2 aromatic heterocycles. The molecule has 1 fully saturated rings. The van der Waals surface area contributed by atoms with Gasteiger partial charge in [0.25, 0.3) is 0 Å². The Labute approximate surface area is 117 Å². The number of halogens is 1. The van der Waals surface area contributed by atoms with Gasteiger partial charge in [0.1, 0.15) is 20.0 Å². The predicted molar refractivity (Wildman–Crippen MR) is 74.1 cm³/mol. The van der Waals surface area contributed by atoms with Crippen molar-refractivity contribution in [1.29, 1.82) is 0 Å². The van der Waals surface area contributed by atoms with Gasteiger partial charge in [-0.1, -0.05) is 11.3 Å². The van der Waals surface area contributed by atoms with E-state index in [-0.39, 0.29) is 6.61 Å². The molecule has 5 nitrogen and oxygen atoms in total. The average Bonchev–Trinajstić information content (AvgIpc) is 2.81. The van der Waals surface area contributed by atoms with Crippen LogP contribution in [0.25, 0.3) is 10.3 Å². The van der Waals surface area contributed by atoms with E-state index in [0.29, 0.717) is 5.01 Å². The van der Waals surface area contributed by atoms with Crippen molar-refractivity contribution in [3.63, 3.8) is 0 Å². The van der Waals surface area contributed by atoms with Gasteiger partial charge in [-0.2, -0.15) is 0 Å². The number of anilines is 1. The first kappa shape index (κ1) is 12.3. The Morgan fingerprint density at radius 1 is 1.39 bits per heavy atom. The van der Waals surface area contributed by atoms with Crippen LogP contribution >= 0.6 is 27.3 Å². The van der Waals surface area contributed by atoms with Crippen molar-refractivity contribution in [1.82, 2.24) is 9.97 Å². The highest BCUT2D eigenvalue weighted by Crippen LogP contribution is 2.32. The summed E-state index contributed by atoms with van der Waals surface area (Å²) in [6, 6.07) is 1.98. The Hall–Kier alpha value is -0.760. The molecule has 3 heterocycles. The third-order valence-electron chi connectivity index (χ3n) is 2.85. The van der Waals surface area contributed by atoms with Gasteiger partial charge in [0.2, 0.25) is 0 Å². The number of thiazole rings is 1. The molecule has 0 saturated carbocycles. The zero-order valence-electron chi connectivity index (χ0n) is 9.60. The number of pyridine rings is 1. The van der Waals surface area contributed by atoms with Gasteiger partial charge in [-0.15, -0.1) is 0 Å². The summed E-state index contributed by atoms with van der Waals surface area (Å²) in [5, 5.41) is 9.88. The molecule has 0 radical (unpaired) electrons. The summed E-state index contributed by atoms with van der Waals surface area (Å²) < 4.78 is 6.16. The van der Waals surface area contributed by atoms with Crippen molar-refractivity contribution in [2.45, 2.75) is 6.61 Å². The minimum atomic E-state index is -0.0405. The molecule has 2 aromatic rings. The number of rotatable bonds is 2. The molecule has 0 amide bonds. The standard InChI is InChI=1S/C11H12BrN3O2S/c12-8-5-7(15-1-3-17-4-2-15)10-11(13-8)18-9(6-16)14-10/h5,16H,1-4,6H2. The molecule has 0 spiro atoms. The summed E-state index contributed by atoms with van der Waals surface area (Å²) in [6.07, 6.45) is 0. The molecular formula is C11H12BrN3O2S. The van der Waals surface area contributed by atoms with Crippen LogP contribution in [0.2, 0.25) is 0 Å². The maximum atomic E-state index is 9.18. The lowest BCUT2D eigenvalue weighted by atomic mass is 10.3. The van der Waals surface area contributed by atoms with Gasteiger partial charge in [0.05, 0.1) is 25.5 Å². The van der Waals surface area contributed by atoms with Gasteiger partial charge in [0, 0.05) is 13.1 Å². The molecule has 1 aliphatic rings. The molecule has 96 valence electrons. The third kappa shape index (κ3) is 2.23. The van der Waals surface area contributed by atoms with Gasteiger partial charge in [-0.25, -0.2) is 9.97 Å². The van der Waals surface area contributed by atoms with Gasteiger partial charge < -0.3 is 14.7 Å². The van der Waals surface area contributed by atoms with E-state index in [0.717, 1.165) is 46.9 Å². The van der Waals surface area contributed by atoms with E-state index in [9.17, 15) is 5.11 Å². The predicted octanol–water partition coefficient (Wildman–Crippen LogP) is 1.78. The number of ether oxygens (including phenoxy) is 1. The Bertz CT molecular complexity index is 569. The van der Waals surface area contributed by atoms with Crippen LogP contribution in [0.3, 0.4) is 0 Å². The highest BCUT2D eigenvalue weighted by Gasteiger charge is 2.18. The molecule has 0 bridgehead atoms. The average molecular weight is 330 g/mol. The molecule has 0 aromatic carbocycles. The highest BCUT2D eigenvalue weighted by molar-refractivity contribution is 9.10. The molecule has 3 rings (SSSR count). The van der Waals surface area contributed by atoms with E-state index in [2.05, 4.69) is 30.8 Å². The van der Waals surface area contributed by atoms with Crippen molar-refractivity contribution in [3.8, 4) is 0 Å². The van der Waals surface area contributed by atoms with Crippen molar-refractivity contribution in [2.24, 2.45) is 0 Å². The van der Waals surface area contributed by atoms with E-state index >= 15 is 0 Å². The number of hydrogen-bond donors (Lipinski definition) is 1. The third-order valence-corrected chi connectivity index (χ3v) is 4.19. The quantitative estimate of drug-likeness (QED) is 0.851. The van der Waals surface area contributed by atoms with Crippen molar-refractivity contribution in [3.05, 3.63) is 15.7 Å². The molecule has 1 saturated heterocycles. The van der Waals surface area contributed by atoms with E-state index in [4.69, 9.17) is 4.74 Å². The molecule has 1 N–H and O–H groups in total. The second-order valence-corrected chi connectivity index (χ2v) is 5.86. The van der Waals surface area contributed by atoms with Crippen molar-refractivity contribution < 1.29 is 9.84 Å². The monoisotopic (exact) mass is 329 g/mol. The Kier molecular flexibility index (Phi) is 3.47. The zero-order valence-corrected chi connectivity index (χ0v) is 12.0. The summed E-state index contributed by atoms with van der Waals surface area (Å²) in [5.41, 5.74) is 1.93. The minimum Gasteiger partial charge on any atom is -0.389 e. The van der Waals surface area contributed by atoms with Gasteiger partial charge in [0.15, 0.2) is 0 Å². The fourth-order valence-electron chi connectivity index (χ4n) is 2.02. The maximum absolute atomic E-state index is 9.18. The summed E-state index contributed by atoms with van der Waals surface area (Å²) in [5.74, 6) is 0. The molecule has 7 heteroatoms. The number of aliphatic hydroxyl groups excluding tert-OH is 1. The lowest BCUT2D eigenvalue weighted by molar-refractivity contribution is 0.123. The van der Waals surface area contributed by atoms with E-state index in [1.54, 1.807) is 0 Å². The number of morpholine rings is 1. The lowest BCUT2D eigenvalue weighted by Gasteiger charge is -2.28. The summed E-state index contributed by atoms with van der Waals surface area (Å²) >= 11 is 4.86. The van der Waals surface area contributed by atoms with Crippen LogP contribution in [-0.2, 0) is 11.3 Å². The van der Waals surface area contributed by atoms with E-state index in [1.165, 1.54) is 11.3 Å². The topological polar surface area (TPSA) is 58.5 Å². The molecular weight excluding hydrogens is 318 g/mol. The van der Waals surface area contributed by atoms with Crippen LogP contribution < -0.4 is 4.90 Å². The number of hydrogen-bond acceptors (Lipinski definition) is 6. The van der Waals surface area contributed by atoms with E-state index in [1.807, 2.05) is 6.07 Å². The van der Waals surface area contributed by atoms with E-state index < -0.39 is 0 Å². The van der Waals surface area contributed by atoms with Crippen LogP contribution in [0.4, 0.5) is 5.69 Å². The fourth-order valence-corrected chi connectivity index (χ4v) is 3.35. The largest absolute Gasteiger partial charge is 0.389 e. The normalized spacial score (nSPS) is 16.4. The maximum Gasteiger partial charge on any atom is 0.147 e. The van der Waals surface area contributed by atoms with Gasteiger partial charge >= 0.3 is 0 Å². The zero-order chi connectivity index (χ0) is 12.5. The fraction of sp³-hybridized carbons (Fsp3) is 0.455. The SMILES string of the molecule is OCc1nc2c(N3CCOCC3)cc(Br)nc2s1. The number of nitrogens with zero attached hydrogens (tertiary/aromatic N) is 3. The Morgan fingerprint density at radius 2 is 2.17 bits per heavy atom. The van der Waals surface area contributed by atoms with Crippen LogP contribution in [-0.4, -0.2) is 41.4 Å². The number of aromatic nitrogens is 2. The molecule has 0 unspecified atom stereocenters. The summed E-state index contributed by atoms with van der Waals surface area (Å²) in [6.45, 7) is 3.15. The van der Waals surface area contributed by atoms with Crippen LogP contribution in [0.1, 0.15) is 5.01 Å². The highest BCUT2D eigenvalue weighted by atomic mass is 79.9. The summed E-state index contributed by atoms with van der Waals surface area (Å²) in [7, 11) is 0. The van der Waals surface area contributed by atoms with Gasteiger partial charge in [-0.05, 0) is 22.0 Å². The first-order valence-electron chi connectivity index (χ1n) is 5.67. The second kappa shape index (κ2) is 5.08. The second-order valence-electron chi connectivity index (χ2n) is 3.98. The molecule has 1 aliphatic heterocycles. The number of aliphatic hydroxyl groups is 1. The van der Waals surface area contributed by atoms with Crippen LogP contribution in [0.5, 0.6) is 0 Å². The Morgan fingerprint density at radius 3 is 2.89 bits per heavy atom. The Balaban J connectivity index is 2.10. The molecule has 18 heavy (non-hydrogen) atoms. The molecule has 0 atom stereocenters. The summed E-state index contributed by atoms with van der Waals surface area (Å²) in [4.78, 5) is 12.0. The van der Waals surface area contributed by atoms with Crippen molar-refractivity contribution >= 4 is 43.3 Å². The lowest BCUT2D eigenvalue weighted by Crippen LogP contribution is -2.36. The smallest absolute Gasteiger partial charge is 0.147 e. The number of fused-ring (bicyclic) bond motifs is 1. The van der Waals surface area contributed by atoms with Gasteiger partial charge in [-0.3, -0.25) is 0 Å². The minimum absolute atomic E-state index is 0.0405. The van der Waals surface area contributed by atoms with Crippen molar-refractivity contribution in [2.75, 3.05) is 31.2 Å². The van der Waals surface area contributed by atoms with Crippen LogP contribution in [0, 0.1) is 0 Å². The molecule has 0 aliphatic carbocycles. The van der Waals surface area contributed by atoms with Crippen LogP contribution in [0.15, 0.2) is 10.7 Å². The first-order valence-corrected chi connectivity index (χ1v) is 7.28.